The third kappa shape index (κ3) is 7.02. The predicted molar refractivity (Wildman–Crippen MR) is 138 cm³/mol. The first-order chi connectivity index (χ1) is 17.8. The zero-order valence-electron chi connectivity index (χ0n) is 19.9. The summed E-state index contributed by atoms with van der Waals surface area (Å²) in [5.74, 6) is -1.28. The van der Waals surface area contributed by atoms with Crippen LogP contribution in [0.3, 0.4) is 0 Å². The quantitative estimate of drug-likeness (QED) is 0.276. The van der Waals surface area contributed by atoms with Gasteiger partial charge in [-0.2, -0.15) is 4.72 Å². The van der Waals surface area contributed by atoms with Gasteiger partial charge in [0.1, 0.15) is 6.17 Å². The van der Waals surface area contributed by atoms with Crippen LogP contribution < -0.4 is 20.3 Å². The van der Waals surface area contributed by atoms with Gasteiger partial charge in [-0.25, -0.2) is 18.4 Å². The number of anilines is 2. The topological polar surface area (TPSA) is 154 Å². The SMILES string of the molecule is O=C(O)CC(NC(=O)c1ccc(N2CCCC2CNc2ncccn2)cc1)NS(=O)(=O)c1ccccc1. The van der Waals surface area contributed by atoms with Crippen LogP contribution in [0.1, 0.15) is 29.6 Å². The largest absolute Gasteiger partial charge is 0.481 e. The summed E-state index contributed by atoms with van der Waals surface area (Å²) in [5, 5.41) is 15.0. The lowest BCUT2D eigenvalue weighted by Gasteiger charge is -2.27. The van der Waals surface area contributed by atoms with Gasteiger partial charge < -0.3 is 20.6 Å². The second-order valence-corrected chi connectivity index (χ2v) is 10.3. The highest BCUT2D eigenvalue weighted by molar-refractivity contribution is 7.89. The fraction of sp³-hybridized carbons (Fsp3) is 0.280. The maximum atomic E-state index is 12.8. The summed E-state index contributed by atoms with van der Waals surface area (Å²) in [7, 11) is -4.03. The Morgan fingerprint density at radius 1 is 1.03 bits per heavy atom. The molecule has 37 heavy (non-hydrogen) atoms. The maximum absolute atomic E-state index is 12.8. The molecule has 1 amide bonds. The summed E-state index contributed by atoms with van der Waals surface area (Å²) in [6.45, 7) is 1.54. The van der Waals surface area contributed by atoms with E-state index in [4.69, 9.17) is 0 Å². The highest BCUT2D eigenvalue weighted by Gasteiger charge is 2.26. The van der Waals surface area contributed by atoms with Crippen molar-refractivity contribution in [1.82, 2.24) is 20.0 Å². The molecule has 1 aromatic heterocycles. The van der Waals surface area contributed by atoms with Crippen molar-refractivity contribution in [3.63, 3.8) is 0 Å². The number of carboxylic acids is 1. The minimum absolute atomic E-state index is 0.0301. The lowest BCUT2D eigenvalue weighted by atomic mass is 10.1. The molecule has 0 spiro atoms. The zero-order valence-corrected chi connectivity index (χ0v) is 20.8. The van der Waals surface area contributed by atoms with Crippen LogP contribution in [0, 0.1) is 0 Å². The number of carbonyl (C=O) groups is 2. The molecule has 2 unspecified atom stereocenters. The van der Waals surface area contributed by atoms with Gasteiger partial charge in [0.25, 0.3) is 5.91 Å². The molecule has 0 saturated carbocycles. The smallest absolute Gasteiger partial charge is 0.306 e. The molecule has 12 heteroatoms. The first-order valence-corrected chi connectivity index (χ1v) is 13.3. The maximum Gasteiger partial charge on any atom is 0.306 e. The Balaban J connectivity index is 1.40. The van der Waals surface area contributed by atoms with E-state index >= 15 is 0 Å². The molecule has 2 atom stereocenters. The molecular weight excluding hydrogens is 496 g/mol. The van der Waals surface area contributed by atoms with Crippen LogP contribution >= 0.6 is 0 Å². The van der Waals surface area contributed by atoms with E-state index in [1.807, 2.05) is 12.1 Å². The highest BCUT2D eigenvalue weighted by Crippen LogP contribution is 2.26. The van der Waals surface area contributed by atoms with E-state index in [0.717, 1.165) is 25.1 Å². The number of sulfonamides is 1. The second-order valence-electron chi connectivity index (χ2n) is 8.55. The number of carboxylic acid groups (broad SMARTS) is 1. The van der Waals surface area contributed by atoms with Crippen LogP contribution in [-0.2, 0) is 14.8 Å². The van der Waals surface area contributed by atoms with Gasteiger partial charge in [0.15, 0.2) is 0 Å². The Labute approximate surface area is 215 Å². The van der Waals surface area contributed by atoms with Crippen molar-refractivity contribution in [2.45, 2.75) is 36.4 Å². The number of hydrogen-bond donors (Lipinski definition) is 4. The van der Waals surface area contributed by atoms with Gasteiger partial charge in [0, 0.05) is 42.8 Å². The van der Waals surface area contributed by atoms with Crippen LogP contribution in [0.4, 0.5) is 11.6 Å². The van der Waals surface area contributed by atoms with Crippen LogP contribution in [-0.4, -0.2) is 60.7 Å². The van der Waals surface area contributed by atoms with E-state index in [9.17, 15) is 23.1 Å². The minimum atomic E-state index is -4.03. The number of amides is 1. The molecule has 1 saturated heterocycles. The molecule has 194 valence electrons. The molecule has 4 rings (SSSR count). The highest BCUT2D eigenvalue weighted by atomic mass is 32.2. The number of aromatic nitrogens is 2. The van der Waals surface area contributed by atoms with Gasteiger partial charge in [0.05, 0.1) is 11.3 Å². The van der Waals surface area contributed by atoms with Gasteiger partial charge in [-0.05, 0) is 55.3 Å². The number of hydrogen-bond acceptors (Lipinski definition) is 8. The summed E-state index contributed by atoms with van der Waals surface area (Å²) < 4.78 is 27.5. The van der Waals surface area contributed by atoms with Crippen molar-refractivity contribution in [3.05, 3.63) is 78.6 Å². The molecule has 4 N–H and O–H groups in total. The Kier molecular flexibility index (Phi) is 8.31. The first-order valence-electron chi connectivity index (χ1n) is 11.8. The average molecular weight is 525 g/mol. The normalized spacial score (nSPS) is 16.2. The van der Waals surface area contributed by atoms with E-state index in [-0.39, 0.29) is 16.5 Å². The molecule has 2 aromatic carbocycles. The van der Waals surface area contributed by atoms with Gasteiger partial charge in [0.2, 0.25) is 16.0 Å². The number of aliphatic carboxylic acids is 1. The summed E-state index contributed by atoms with van der Waals surface area (Å²) in [6.07, 6.45) is 3.44. The molecule has 1 aliphatic heterocycles. The van der Waals surface area contributed by atoms with Gasteiger partial charge in [-0.3, -0.25) is 9.59 Å². The van der Waals surface area contributed by atoms with Crippen molar-refractivity contribution in [2.24, 2.45) is 0 Å². The first kappa shape index (κ1) is 26.0. The summed E-state index contributed by atoms with van der Waals surface area (Å²) in [5.41, 5.74) is 1.23. The van der Waals surface area contributed by atoms with Crippen LogP contribution in [0.2, 0.25) is 0 Å². The van der Waals surface area contributed by atoms with Crippen molar-refractivity contribution in [3.8, 4) is 0 Å². The Morgan fingerprint density at radius 2 is 1.73 bits per heavy atom. The number of carbonyl (C=O) groups excluding carboxylic acids is 1. The fourth-order valence-electron chi connectivity index (χ4n) is 4.18. The molecule has 11 nitrogen and oxygen atoms in total. The van der Waals surface area contributed by atoms with Gasteiger partial charge in [-0.1, -0.05) is 18.2 Å². The molecule has 0 aliphatic carbocycles. The van der Waals surface area contributed by atoms with Crippen molar-refractivity contribution >= 4 is 33.5 Å². The van der Waals surface area contributed by atoms with E-state index in [2.05, 4.69) is 30.2 Å². The third-order valence-corrected chi connectivity index (χ3v) is 7.42. The minimum Gasteiger partial charge on any atom is -0.481 e. The average Bonchev–Trinajstić information content (AvgIpc) is 3.37. The van der Waals surface area contributed by atoms with Crippen LogP contribution in [0.15, 0.2) is 78.0 Å². The number of rotatable bonds is 11. The van der Waals surface area contributed by atoms with Crippen LogP contribution in [0.25, 0.3) is 0 Å². The third-order valence-electron chi connectivity index (χ3n) is 5.93. The monoisotopic (exact) mass is 524 g/mol. The van der Waals surface area contributed by atoms with Crippen molar-refractivity contribution in [1.29, 1.82) is 0 Å². The van der Waals surface area contributed by atoms with Gasteiger partial charge in [-0.15, -0.1) is 0 Å². The van der Waals surface area contributed by atoms with E-state index in [1.165, 1.54) is 12.1 Å². The molecular formula is C25H28N6O5S. The lowest BCUT2D eigenvalue weighted by Crippen LogP contribution is -2.49. The summed E-state index contributed by atoms with van der Waals surface area (Å²) in [6, 6.07) is 16.5. The zero-order chi connectivity index (χ0) is 26.3. The standard InChI is InChI=1S/C25H28N6O5S/c32-23(33)16-22(30-37(35,36)21-7-2-1-3-8-21)29-24(34)18-9-11-19(12-10-18)31-15-4-6-20(31)17-28-25-26-13-5-14-27-25/h1-3,5,7-14,20,22,30H,4,6,15-17H2,(H,29,34)(H,32,33)(H,26,27,28). The van der Waals surface area contributed by atoms with Gasteiger partial charge >= 0.3 is 5.97 Å². The Bertz CT molecular complexity index is 1310. The number of nitrogens with zero attached hydrogens (tertiary/aromatic N) is 3. The Hall–Kier alpha value is -4.03. The predicted octanol–water partition coefficient (Wildman–Crippen LogP) is 2.07. The lowest BCUT2D eigenvalue weighted by molar-refractivity contribution is -0.137. The number of benzene rings is 2. The molecule has 0 bridgehead atoms. The molecule has 3 aromatic rings. The van der Waals surface area contributed by atoms with Crippen molar-refractivity contribution < 1.29 is 23.1 Å². The molecule has 0 radical (unpaired) electrons. The summed E-state index contributed by atoms with van der Waals surface area (Å²) >= 11 is 0. The summed E-state index contributed by atoms with van der Waals surface area (Å²) in [4.78, 5) is 34.7. The number of nitrogens with one attached hydrogen (secondary N) is 3. The van der Waals surface area contributed by atoms with Crippen molar-refractivity contribution in [2.75, 3.05) is 23.3 Å². The Morgan fingerprint density at radius 3 is 2.41 bits per heavy atom. The van der Waals surface area contributed by atoms with E-state index in [1.54, 1.807) is 48.8 Å². The second kappa shape index (κ2) is 11.8. The fourth-order valence-corrected chi connectivity index (χ4v) is 5.35. The molecule has 2 heterocycles. The molecule has 1 aliphatic rings. The molecule has 1 fully saturated rings. The van der Waals surface area contributed by atoms with E-state index in [0.29, 0.717) is 12.5 Å². The van der Waals surface area contributed by atoms with Crippen LogP contribution in [0.5, 0.6) is 0 Å². The van der Waals surface area contributed by atoms with E-state index < -0.39 is 34.5 Å².